The minimum Gasteiger partial charge on any atom is -0.493 e. The molecule has 0 amide bonds. The molecule has 1 aromatic heterocycles. The Hall–Kier alpha value is -2.66. The minimum absolute atomic E-state index is 0.0369. The largest absolute Gasteiger partial charge is 0.493 e. The van der Waals surface area contributed by atoms with Gasteiger partial charge in [0.25, 0.3) is 0 Å². The molecule has 1 aliphatic heterocycles. The van der Waals surface area contributed by atoms with Crippen LogP contribution in [-0.4, -0.2) is 32.4 Å². The molecule has 2 aromatic carbocycles. The summed E-state index contributed by atoms with van der Waals surface area (Å²) in [6.07, 6.45) is 1.00. The molecule has 2 atom stereocenters. The highest BCUT2D eigenvalue weighted by atomic mass is 16.5. The second kappa shape index (κ2) is 6.57. The van der Waals surface area contributed by atoms with E-state index in [1.165, 1.54) is 22.2 Å². The summed E-state index contributed by atoms with van der Waals surface area (Å²) >= 11 is 0. The number of aromatic amines is 1. The van der Waals surface area contributed by atoms with Crippen LogP contribution in [0.5, 0.6) is 17.2 Å². The number of hydrogen-bond acceptors (Lipinski definition) is 4. The second-order valence-corrected chi connectivity index (χ2v) is 6.73. The highest BCUT2D eigenvalue weighted by molar-refractivity contribution is 5.85. The number of ether oxygens (including phenoxy) is 3. The Morgan fingerprint density at radius 1 is 0.962 bits per heavy atom. The molecule has 5 nitrogen and oxygen atoms in total. The number of methoxy groups -OCH3 is 3. The van der Waals surface area contributed by atoms with Gasteiger partial charge in [0.15, 0.2) is 11.5 Å². The van der Waals surface area contributed by atoms with Gasteiger partial charge in [-0.25, -0.2) is 0 Å². The number of benzene rings is 2. The maximum atomic E-state index is 5.54. The number of nitrogens with one attached hydrogen (secondary N) is 2. The summed E-state index contributed by atoms with van der Waals surface area (Å²) in [5, 5.41) is 5.01. The highest BCUT2D eigenvalue weighted by Crippen LogP contribution is 2.42. The van der Waals surface area contributed by atoms with Crippen LogP contribution in [-0.2, 0) is 6.42 Å². The molecule has 3 aromatic rings. The van der Waals surface area contributed by atoms with Crippen LogP contribution in [0.1, 0.15) is 29.8 Å². The van der Waals surface area contributed by atoms with Crippen LogP contribution in [0.4, 0.5) is 0 Å². The first kappa shape index (κ1) is 16.8. The lowest BCUT2D eigenvalue weighted by Crippen LogP contribution is -2.37. The van der Waals surface area contributed by atoms with Crippen molar-refractivity contribution in [1.29, 1.82) is 0 Å². The van der Waals surface area contributed by atoms with E-state index in [1.54, 1.807) is 21.3 Å². The Bertz CT molecular complexity index is 923. The normalized spacial score (nSPS) is 19.2. The van der Waals surface area contributed by atoms with E-state index >= 15 is 0 Å². The molecular weight excluding hydrogens is 328 g/mol. The van der Waals surface area contributed by atoms with Crippen molar-refractivity contribution in [3.63, 3.8) is 0 Å². The number of H-pyrrole nitrogens is 1. The number of aromatic nitrogens is 1. The number of fused-ring (bicyclic) bond motifs is 3. The molecule has 4 rings (SSSR count). The second-order valence-electron chi connectivity index (χ2n) is 6.73. The summed E-state index contributed by atoms with van der Waals surface area (Å²) in [6, 6.07) is 12.9. The minimum atomic E-state index is 0.0369. The molecule has 0 saturated heterocycles. The molecule has 0 radical (unpaired) electrons. The maximum absolute atomic E-state index is 5.54. The van der Waals surface area contributed by atoms with E-state index in [2.05, 4.69) is 41.5 Å². The average Bonchev–Trinajstić information content (AvgIpc) is 3.04. The van der Waals surface area contributed by atoms with E-state index in [9.17, 15) is 0 Å². The van der Waals surface area contributed by atoms with Gasteiger partial charge in [0.05, 0.1) is 27.4 Å². The van der Waals surface area contributed by atoms with Crippen molar-refractivity contribution >= 4 is 10.9 Å². The van der Waals surface area contributed by atoms with Gasteiger partial charge in [-0.3, -0.25) is 0 Å². The Balaban J connectivity index is 1.89. The topological polar surface area (TPSA) is 55.5 Å². The van der Waals surface area contributed by atoms with Crippen molar-refractivity contribution in [2.24, 2.45) is 0 Å². The van der Waals surface area contributed by atoms with Crippen LogP contribution in [0, 0.1) is 0 Å². The van der Waals surface area contributed by atoms with Crippen molar-refractivity contribution in [3.8, 4) is 17.2 Å². The lowest BCUT2D eigenvalue weighted by Gasteiger charge is -2.30. The quantitative estimate of drug-likeness (QED) is 0.750. The van der Waals surface area contributed by atoms with Crippen LogP contribution in [0.25, 0.3) is 10.9 Å². The van der Waals surface area contributed by atoms with Gasteiger partial charge in [0.2, 0.25) is 5.75 Å². The van der Waals surface area contributed by atoms with E-state index in [0.29, 0.717) is 23.3 Å². The SMILES string of the molecule is COc1cc([C@H]2N[C@H](C)Cc3c2[nH]c2ccccc32)cc(OC)c1OC. The molecule has 0 aliphatic carbocycles. The third-order valence-corrected chi connectivity index (χ3v) is 5.12. The van der Waals surface area contributed by atoms with Crippen LogP contribution in [0.3, 0.4) is 0 Å². The molecule has 0 fully saturated rings. The molecule has 0 spiro atoms. The van der Waals surface area contributed by atoms with Gasteiger partial charge in [0.1, 0.15) is 0 Å². The predicted octanol–water partition coefficient (Wildman–Crippen LogP) is 3.82. The molecule has 26 heavy (non-hydrogen) atoms. The summed E-state index contributed by atoms with van der Waals surface area (Å²) in [6.45, 7) is 2.22. The summed E-state index contributed by atoms with van der Waals surface area (Å²) in [7, 11) is 4.91. The molecule has 2 N–H and O–H groups in total. The summed E-state index contributed by atoms with van der Waals surface area (Å²) in [5.74, 6) is 1.94. The van der Waals surface area contributed by atoms with Gasteiger partial charge in [-0.05, 0) is 42.7 Å². The lowest BCUT2D eigenvalue weighted by molar-refractivity contribution is 0.322. The van der Waals surface area contributed by atoms with Crippen LogP contribution in [0.15, 0.2) is 36.4 Å². The fourth-order valence-corrected chi connectivity index (χ4v) is 3.95. The van der Waals surface area contributed by atoms with Gasteiger partial charge in [0, 0.05) is 22.6 Å². The number of rotatable bonds is 4. The van der Waals surface area contributed by atoms with Crippen LogP contribution < -0.4 is 19.5 Å². The van der Waals surface area contributed by atoms with Crippen LogP contribution in [0.2, 0.25) is 0 Å². The van der Waals surface area contributed by atoms with Crippen LogP contribution >= 0.6 is 0 Å². The molecule has 1 aliphatic rings. The monoisotopic (exact) mass is 352 g/mol. The standard InChI is InChI=1S/C21H24N2O3/c1-12-9-15-14-7-5-6-8-16(14)23-20(15)19(22-12)13-10-17(24-2)21(26-4)18(11-13)25-3/h5-8,10-12,19,22-23H,9H2,1-4H3/t12-,19-/m1/s1. The van der Waals surface area contributed by atoms with Gasteiger partial charge >= 0.3 is 0 Å². The van der Waals surface area contributed by atoms with Crippen molar-refractivity contribution in [2.75, 3.05) is 21.3 Å². The zero-order valence-corrected chi connectivity index (χ0v) is 15.6. The number of hydrogen-bond donors (Lipinski definition) is 2. The molecule has 0 bridgehead atoms. The Labute approximate surface area is 153 Å². The predicted molar refractivity (Wildman–Crippen MR) is 103 cm³/mol. The van der Waals surface area contributed by atoms with E-state index in [1.807, 2.05) is 12.1 Å². The zero-order chi connectivity index (χ0) is 18.3. The van der Waals surface area contributed by atoms with E-state index in [4.69, 9.17) is 14.2 Å². The highest BCUT2D eigenvalue weighted by Gasteiger charge is 2.30. The molecule has 0 unspecified atom stereocenters. The van der Waals surface area contributed by atoms with Gasteiger partial charge in [-0.15, -0.1) is 0 Å². The molecular formula is C21H24N2O3. The maximum Gasteiger partial charge on any atom is 0.203 e. The Morgan fingerprint density at radius 3 is 2.31 bits per heavy atom. The molecule has 136 valence electrons. The first-order valence-electron chi connectivity index (χ1n) is 8.81. The first-order chi connectivity index (χ1) is 12.7. The van der Waals surface area contributed by atoms with Crippen molar-refractivity contribution in [3.05, 3.63) is 53.2 Å². The van der Waals surface area contributed by atoms with Gasteiger partial charge in [-0.1, -0.05) is 18.2 Å². The fraction of sp³-hybridized carbons (Fsp3) is 0.333. The zero-order valence-electron chi connectivity index (χ0n) is 15.6. The average molecular weight is 352 g/mol. The van der Waals surface area contributed by atoms with Crippen molar-refractivity contribution < 1.29 is 14.2 Å². The van der Waals surface area contributed by atoms with E-state index < -0.39 is 0 Å². The summed E-state index contributed by atoms with van der Waals surface area (Å²) < 4.78 is 16.5. The smallest absolute Gasteiger partial charge is 0.203 e. The van der Waals surface area contributed by atoms with Gasteiger partial charge in [-0.2, -0.15) is 0 Å². The molecule has 5 heteroatoms. The third kappa shape index (κ3) is 2.59. The Kier molecular flexibility index (Phi) is 4.24. The van der Waals surface area contributed by atoms with E-state index in [-0.39, 0.29) is 6.04 Å². The molecule has 0 saturated carbocycles. The van der Waals surface area contributed by atoms with Crippen molar-refractivity contribution in [2.45, 2.75) is 25.4 Å². The first-order valence-corrected chi connectivity index (χ1v) is 8.81. The fourth-order valence-electron chi connectivity index (χ4n) is 3.95. The summed E-state index contributed by atoms with van der Waals surface area (Å²) in [5.41, 5.74) is 4.84. The number of para-hydroxylation sites is 1. The third-order valence-electron chi connectivity index (χ3n) is 5.12. The Morgan fingerprint density at radius 2 is 1.65 bits per heavy atom. The van der Waals surface area contributed by atoms with Gasteiger partial charge < -0.3 is 24.5 Å². The van der Waals surface area contributed by atoms with E-state index in [0.717, 1.165) is 12.0 Å². The lowest BCUT2D eigenvalue weighted by atomic mass is 9.90. The van der Waals surface area contributed by atoms with Crippen molar-refractivity contribution in [1.82, 2.24) is 10.3 Å². The summed E-state index contributed by atoms with van der Waals surface area (Å²) in [4.78, 5) is 3.61. The molecule has 2 heterocycles.